The van der Waals surface area contributed by atoms with Crippen molar-refractivity contribution in [3.8, 4) is 0 Å². The van der Waals surface area contributed by atoms with Gasteiger partial charge in [-0.05, 0) is 42.5 Å². The highest BCUT2D eigenvalue weighted by Crippen LogP contribution is 2.24. The number of hydrogen-bond donors (Lipinski definition) is 0. The summed E-state index contributed by atoms with van der Waals surface area (Å²) in [5, 5.41) is 0.638. The van der Waals surface area contributed by atoms with Crippen molar-refractivity contribution in [2.24, 2.45) is 0 Å². The van der Waals surface area contributed by atoms with Gasteiger partial charge in [0, 0.05) is 50.0 Å². The molecule has 0 radical (unpaired) electrons. The van der Waals surface area contributed by atoms with Gasteiger partial charge in [-0.2, -0.15) is 4.31 Å². The minimum atomic E-state index is -3.79. The molecule has 196 valence electrons. The number of piperazine rings is 1. The Bertz CT molecular complexity index is 1290. The van der Waals surface area contributed by atoms with Crippen LogP contribution in [0.25, 0.3) is 0 Å². The minimum absolute atomic E-state index is 0.0602. The van der Waals surface area contributed by atoms with E-state index in [1.54, 1.807) is 11.0 Å². The van der Waals surface area contributed by atoms with Gasteiger partial charge in [0.1, 0.15) is 6.54 Å². The van der Waals surface area contributed by atoms with Crippen LogP contribution in [-0.2, 0) is 29.6 Å². The third kappa shape index (κ3) is 6.12. The first-order valence-electron chi connectivity index (χ1n) is 11.5. The Morgan fingerprint density at radius 1 is 0.944 bits per heavy atom. The van der Waals surface area contributed by atoms with E-state index in [-0.39, 0.29) is 36.1 Å². The molecule has 0 aromatic heterocycles. The van der Waals surface area contributed by atoms with Crippen LogP contribution >= 0.6 is 11.6 Å². The summed E-state index contributed by atoms with van der Waals surface area (Å²) in [6.07, 6.45) is 1.02. The van der Waals surface area contributed by atoms with Crippen LogP contribution < -0.4 is 9.21 Å². The molecule has 0 bridgehead atoms. The van der Waals surface area contributed by atoms with E-state index in [1.807, 2.05) is 18.2 Å². The summed E-state index contributed by atoms with van der Waals surface area (Å²) in [4.78, 5) is 16.8. The average molecular weight is 557 g/mol. The third-order valence-electron chi connectivity index (χ3n) is 6.22. The van der Waals surface area contributed by atoms with Gasteiger partial charge in [0.2, 0.25) is 26.0 Å². The molecule has 1 amide bonds. The maximum atomic E-state index is 13.0. The van der Waals surface area contributed by atoms with Gasteiger partial charge < -0.3 is 14.5 Å². The highest BCUT2D eigenvalue weighted by molar-refractivity contribution is 7.92. The van der Waals surface area contributed by atoms with E-state index in [1.165, 1.54) is 28.6 Å². The summed E-state index contributed by atoms with van der Waals surface area (Å²) < 4.78 is 58.4. The normalized spacial score (nSPS) is 17.7. The Kier molecular flexibility index (Phi) is 8.10. The van der Waals surface area contributed by atoms with Crippen molar-refractivity contribution in [1.29, 1.82) is 0 Å². The van der Waals surface area contributed by atoms with Gasteiger partial charge in [-0.25, -0.2) is 16.8 Å². The minimum Gasteiger partial charge on any atom is -0.379 e. The van der Waals surface area contributed by atoms with E-state index in [2.05, 4.69) is 4.90 Å². The first-order valence-corrected chi connectivity index (χ1v) is 15.2. The number of ether oxygens (including phenoxy) is 1. The monoisotopic (exact) mass is 556 g/mol. The summed E-state index contributed by atoms with van der Waals surface area (Å²) in [5.74, 6) is -0.323. The number of hydrogen-bond acceptors (Lipinski definition) is 7. The summed E-state index contributed by atoms with van der Waals surface area (Å²) in [5.41, 5.74) is 1.20. The molecule has 2 heterocycles. The molecule has 13 heteroatoms. The van der Waals surface area contributed by atoms with E-state index in [0.29, 0.717) is 44.4 Å². The molecule has 2 aromatic rings. The number of halogens is 1. The highest BCUT2D eigenvalue weighted by atomic mass is 35.5. The topological polar surface area (TPSA) is 108 Å². The third-order valence-corrected chi connectivity index (χ3v) is 9.51. The van der Waals surface area contributed by atoms with Crippen molar-refractivity contribution < 1.29 is 26.4 Å². The second-order valence-electron chi connectivity index (χ2n) is 8.63. The Morgan fingerprint density at radius 3 is 2.17 bits per heavy atom. The molecule has 10 nitrogen and oxygen atoms in total. The highest BCUT2D eigenvalue weighted by Gasteiger charge is 2.29. The van der Waals surface area contributed by atoms with Gasteiger partial charge in [0.05, 0.1) is 30.1 Å². The lowest BCUT2D eigenvalue weighted by molar-refractivity contribution is -0.129. The Hall–Kier alpha value is -2.38. The first kappa shape index (κ1) is 26.7. The summed E-state index contributed by atoms with van der Waals surface area (Å²) >= 11 is 6.08. The smallest absolute Gasteiger partial charge is 0.243 e. The predicted octanol–water partition coefficient (Wildman–Crippen LogP) is 1.48. The summed E-state index contributed by atoms with van der Waals surface area (Å²) in [6.45, 7) is 2.89. The van der Waals surface area contributed by atoms with E-state index in [4.69, 9.17) is 16.3 Å². The number of nitrogens with zero attached hydrogens (tertiary/aromatic N) is 4. The molecule has 0 unspecified atom stereocenters. The van der Waals surface area contributed by atoms with Crippen LogP contribution in [0.2, 0.25) is 5.02 Å². The molecule has 4 rings (SSSR count). The lowest BCUT2D eigenvalue weighted by Gasteiger charge is -2.37. The first-order chi connectivity index (χ1) is 17.1. The maximum absolute atomic E-state index is 13.0. The number of amides is 1. The molecule has 2 aromatic carbocycles. The van der Waals surface area contributed by atoms with Crippen molar-refractivity contribution >= 4 is 48.9 Å². The average Bonchev–Trinajstić information content (AvgIpc) is 2.87. The fraction of sp³-hybridized carbons (Fsp3) is 0.435. The number of rotatable bonds is 7. The zero-order chi connectivity index (χ0) is 25.9. The van der Waals surface area contributed by atoms with E-state index in [0.717, 1.165) is 16.2 Å². The van der Waals surface area contributed by atoms with Crippen LogP contribution in [-0.4, -0.2) is 97.2 Å². The molecule has 0 N–H and O–H groups in total. The Morgan fingerprint density at radius 2 is 1.58 bits per heavy atom. The number of anilines is 2. The van der Waals surface area contributed by atoms with E-state index >= 15 is 0 Å². The number of morpholine rings is 1. The van der Waals surface area contributed by atoms with Crippen LogP contribution in [0.3, 0.4) is 0 Å². The van der Waals surface area contributed by atoms with Crippen molar-refractivity contribution in [3.05, 3.63) is 53.6 Å². The standard InChI is InChI=1S/C23H29ClN4O6S2/c1-35(30,31)28(20-5-7-22(8-6-20)36(32,33)27-13-15-34-16-14-27)18-23(29)26-11-9-25(10-12-26)21-4-2-3-19(24)17-21/h2-8,17H,9-16,18H2,1H3. The van der Waals surface area contributed by atoms with Crippen LogP contribution in [0.4, 0.5) is 11.4 Å². The fourth-order valence-corrected chi connectivity index (χ4v) is 6.67. The number of sulfonamides is 2. The Labute approximate surface area is 217 Å². The molecule has 2 fully saturated rings. The molecule has 2 saturated heterocycles. The quantitative estimate of drug-likeness (QED) is 0.508. The largest absolute Gasteiger partial charge is 0.379 e. The fourth-order valence-electron chi connectivity index (χ4n) is 4.23. The van der Waals surface area contributed by atoms with Gasteiger partial charge in [-0.3, -0.25) is 9.10 Å². The van der Waals surface area contributed by atoms with Crippen molar-refractivity contribution in [1.82, 2.24) is 9.21 Å². The molecule has 0 atom stereocenters. The molecule has 2 aliphatic heterocycles. The second-order valence-corrected chi connectivity index (χ2v) is 12.9. The zero-order valence-electron chi connectivity index (χ0n) is 19.9. The van der Waals surface area contributed by atoms with Crippen LogP contribution in [0.1, 0.15) is 0 Å². The zero-order valence-corrected chi connectivity index (χ0v) is 22.3. The van der Waals surface area contributed by atoms with E-state index in [9.17, 15) is 21.6 Å². The molecule has 0 spiro atoms. The summed E-state index contributed by atoms with van der Waals surface area (Å²) in [6, 6.07) is 13.1. The predicted molar refractivity (Wildman–Crippen MR) is 138 cm³/mol. The number of benzene rings is 2. The van der Waals surface area contributed by atoms with Crippen molar-refractivity contribution in [3.63, 3.8) is 0 Å². The van der Waals surface area contributed by atoms with Crippen LogP contribution in [0, 0.1) is 0 Å². The van der Waals surface area contributed by atoms with Gasteiger partial charge in [0.15, 0.2) is 0 Å². The second kappa shape index (κ2) is 10.9. The van der Waals surface area contributed by atoms with Gasteiger partial charge in [-0.15, -0.1) is 0 Å². The van der Waals surface area contributed by atoms with Crippen LogP contribution in [0.5, 0.6) is 0 Å². The molecular weight excluding hydrogens is 528 g/mol. The number of carbonyl (C=O) groups is 1. The lowest BCUT2D eigenvalue weighted by atomic mass is 10.2. The summed E-state index contributed by atoms with van der Waals surface area (Å²) in [7, 11) is -7.51. The van der Waals surface area contributed by atoms with Crippen LogP contribution in [0.15, 0.2) is 53.4 Å². The molecule has 0 aliphatic carbocycles. The molecule has 0 saturated carbocycles. The maximum Gasteiger partial charge on any atom is 0.243 e. The van der Waals surface area contributed by atoms with Crippen molar-refractivity contribution in [2.75, 3.05) is 74.5 Å². The lowest BCUT2D eigenvalue weighted by Crippen LogP contribution is -2.52. The van der Waals surface area contributed by atoms with Crippen molar-refractivity contribution in [2.45, 2.75) is 4.90 Å². The van der Waals surface area contributed by atoms with Gasteiger partial charge >= 0.3 is 0 Å². The molecule has 2 aliphatic rings. The molecular formula is C23H29ClN4O6S2. The SMILES string of the molecule is CS(=O)(=O)N(CC(=O)N1CCN(c2cccc(Cl)c2)CC1)c1ccc(S(=O)(=O)N2CCOCC2)cc1. The Balaban J connectivity index is 1.43. The number of carbonyl (C=O) groups excluding carboxylic acids is 1. The van der Waals surface area contributed by atoms with E-state index < -0.39 is 20.0 Å². The van der Waals surface area contributed by atoms with Gasteiger partial charge in [-0.1, -0.05) is 17.7 Å². The molecule has 36 heavy (non-hydrogen) atoms. The van der Waals surface area contributed by atoms with Gasteiger partial charge in [0.25, 0.3) is 0 Å².